The van der Waals surface area contributed by atoms with E-state index in [0.29, 0.717) is 10.4 Å². The second-order valence-electron chi connectivity index (χ2n) is 2.46. The standard InChI is InChI=1S/C8H10BrNO3/c1-10(12-2)8(11)5-6-3-4-7(9)13-6/h3-4H,5H2,1-2H3. The molecule has 0 unspecified atom stereocenters. The van der Waals surface area contributed by atoms with Gasteiger partial charge in [0.1, 0.15) is 5.76 Å². The van der Waals surface area contributed by atoms with Crippen molar-refractivity contribution in [1.29, 1.82) is 0 Å². The van der Waals surface area contributed by atoms with Gasteiger partial charge >= 0.3 is 0 Å². The molecule has 1 amide bonds. The van der Waals surface area contributed by atoms with E-state index >= 15 is 0 Å². The van der Waals surface area contributed by atoms with Gasteiger partial charge in [-0.15, -0.1) is 0 Å². The zero-order valence-electron chi connectivity index (χ0n) is 7.41. The third-order valence-corrected chi connectivity index (χ3v) is 2.01. The van der Waals surface area contributed by atoms with E-state index in [-0.39, 0.29) is 12.3 Å². The number of likely N-dealkylation sites (N-methyl/N-ethyl adjacent to an activating group) is 1. The summed E-state index contributed by atoms with van der Waals surface area (Å²) in [6.07, 6.45) is 0.204. The fourth-order valence-electron chi connectivity index (χ4n) is 0.809. The van der Waals surface area contributed by atoms with Crippen LogP contribution >= 0.6 is 15.9 Å². The predicted molar refractivity (Wildman–Crippen MR) is 49.9 cm³/mol. The second kappa shape index (κ2) is 4.43. The Morgan fingerprint density at radius 1 is 1.69 bits per heavy atom. The van der Waals surface area contributed by atoms with Crippen molar-refractivity contribution >= 4 is 21.8 Å². The van der Waals surface area contributed by atoms with Gasteiger partial charge in [-0.05, 0) is 28.1 Å². The van der Waals surface area contributed by atoms with E-state index in [2.05, 4.69) is 15.9 Å². The molecule has 0 aromatic carbocycles. The lowest BCUT2D eigenvalue weighted by Gasteiger charge is -2.11. The average molecular weight is 248 g/mol. The van der Waals surface area contributed by atoms with Crippen LogP contribution in [0, 0.1) is 0 Å². The Hall–Kier alpha value is -0.810. The maximum absolute atomic E-state index is 11.3. The zero-order chi connectivity index (χ0) is 9.84. The molecule has 1 heterocycles. The lowest BCUT2D eigenvalue weighted by molar-refractivity contribution is -0.168. The molecule has 0 aliphatic rings. The van der Waals surface area contributed by atoms with Crippen molar-refractivity contribution in [2.45, 2.75) is 6.42 Å². The normalized spacial score (nSPS) is 10.1. The maximum atomic E-state index is 11.3. The van der Waals surface area contributed by atoms with Crippen molar-refractivity contribution in [3.63, 3.8) is 0 Å². The van der Waals surface area contributed by atoms with Gasteiger partial charge in [0.15, 0.2) is 4.67 Å². The van der Waals surface area contributed by atoms with Gasteiger partial charge in [0, 0.05) is 7.05 Å². The minimum Gasteiger partial charge on any atom is -0.454 e. The minimum absolute atomic E-state index is 0.149. The van der Waals surface area contributed by atoms with Crippen LogP contribution in [0.5, 0.6) is 0 Å². The number of hydrogen-bond acceptors (Lipinski definition) is 3. The molecule has 13 heavy (non-hydrogen) atoms. The first-order valence-corrected chi connectivity index (χ1v) is 4.47. The number of hydroxylamine groups is 2. The number of nitrogens with zero attached hydrogens (tertiary/aromatic N) is 1. The zero-order valence-corrected chi connectivity index (χ0v) is 9.00. The fourth-order valence-corrected chi connectivity index (χ4v) is 1.15. The van der Waals surface area contributed by atoms with Crippen LogP contribution in [0.1, 0.15) is 5.76 Å². The maximum Gasteiger partial charge on any atom is 0.253 e. The van der Waals surface area contributed by atoms with Crippen LogP contribution in [0.15, 0.2) is 21.2 Å². The molecular weight excluding hydrogens is 238 g/mol. The van der Waals surface area contributed by atoms with Crippen LogP contribution in [0.2, 0.25) is 0 Å². The summed E-state index contributed by atoms with van der Waals surface area (Å²) in [6, 6.07) is 3.49. The molecule has 0 radical (unpaired) electrons. The van der Waals surface area contributed by atoms with E-state index in [4.69, 9.17) is 9.25 Å². The molecule has 0 spiro atoms. The Bertz CT molecular complexity index is 297. The van der Waals surface area contributed by atoms with E-state index < -0.39 is 0 Å². The first kappa shape index (κ1) is 10.3. The summed E-state index contributed by atoms with van der Waals surface area (Å²) in [5, 5.41) is 1.16. The Labute approximate surface area is 84.5 Å². The van der Waals surface area contributed by atoms with Crippen molar-refractivity contribution in [1.82, 2.24) is 5.06 Å². The van der Waals surface area contributed by atoms with Gasteiger partial charge in [-0.25, -0.2) is 5.06 Å². The van der Waals surface area contributed by atoms with E-state index in [1.54, 1.807) is 19.2 Å². The minimum atomic E-state index is -0.149. The van der Waals surface area contributed by atoms with Crippen LogP contribution in [0.3, 0.4) is 0 Å². The van der Waals surface area contributed by atoms with Gasteiger partial charge in [0.2, 0.25) is 0 Å². The summed E-state index contributed by atoms with van der Waals surface area (Å²) in [5.74, 6) is 0.463. The van der Waals surface area contributed by atoms with Crippen LogP contribution in [0.4, 0.5) is 0 Å². The van der Waals surface area contributed by atoms with E-state index in [9.17, 15) is 4.79 Å². The molecule has 0 bridgehead atoms. The van der Waals surface area contributed by atoms with Crippen molar-refractivity contribution in [3.8, 4) is 0 Å². The quantitative estimate of drug-likeness (QED) is 0.763. The third-order valence-electron chi connectivity index (χ3n) is 1.58. The molecule has 0 saturated carbocycles. The number of amides is 1. The van der Waals surface area contributed by atoms with Crippen molar-refractivity contribution in [2.24, 2.45) is 0 Å². The number of carbonyl (C=O) groups is 1. The molecule has 4 nitrogen and oxygen atoms in total. The first-order valence-electron chi connectivity index (χ1n) is 3.68. The Kier molecular flexibility index (Phi) is 3.50. The smallest absolute Gasteiger partial charge is 0.253 e. The topological polar surface area (TPSA) is 42.7 Å². The highest BCUT2D eigenvalue weighted by molar-refractivity contribution is 9.10. The van der Waals surface area contributed by atoms with Gasteiger partial charge in [0.25, 0.3) is 5.91 Å². The summed E-state index contributed by atoms with van der Waals surface area (Å²) in [7, 11) is 3.00. The molecule has 1 aromatic heterocycles. The summed E-state index contributed by atoms with van der Waals surface area (Å²) in [5.41, 5.74) is 0. The summed E-state index contributed by atoms with van der Waals surface area (Å²) < 4.78 is 5.78. The van der Waals surface area contributed by atoms with Gasteiger partial charge in [0.05, 0.1) is 13.5 Å². The van der Waals surface area contributed by atoms with E-state index in [1.807, 2.05) is 0 Å². The SMILES string of the molecule is CON(C)C(=O)Cc1ccc(Br)o1. The monoisotopic (exact) mass is 247 g/mol. The molecule has 1 rings (SSSR count). The Balaban J connectivity index is 2.54. The number of halogens is 1. The van der Waals surface area contributed by atoms with Crippen molar-refractivity contribution in [2.75, 3.05) is 14.2 Å². The summed E-state index contributed by atoms with van der Waals surface area (Å²) in [4.78, 5) is 16.0. The third kappa shape index (κ3) is 2.86. The van der Waals surface area contributed by atoms with Crippen molar-refractivity contribution < 1.29 is 14.0 Å². The highest BCUT2D eigenvalue weighted by atomic mass is 79.9. The van der Waals surface area contributed by atoms with Crippen LogP contribution in [0.25, 0.3) is 0 Å². The summed E-state index contributed by atoms with van der Waals surface area (Å²) in [6.45, 7) is 0. The van der Waals surface area contributed by atoms with E-state index in [0.717, 1.165) is 5.06 Å². The number of hydrogen-bond donors (Lipinski definition) is 0. The highest BCUT2D eigenvalue weighted by Crippen LogP contribution is 2.14. The lowest BCUT2D eigenvalue weighted by atomic mass is 10.3. The van der Waals surface area contributed by atoms with Gasteiger partial charge < -0.3 is 4.42 Å². The Morgan fingerprint density at radius 3 is 2.85 bits per heavy atom. The van der Waals surface area contributed by atoms with Crippen LogP contribution < -0.4 is 0 Å². The number of furan rings is 1. The molecule has 72 valence electrons. The molecular formula is C8H10BrNO3. The number of rotatable bonds is 3. The first-order chi connectivity index (χ1) is 6.13. The average Bonchev–Trinajstić information content (AvgIpc) is 2.49. The molecule has 0 atom stereocenters. The van der Waals surface area contributed by atoms with E-state index in [1.165, 1.54) is 7.11 Å². The molecule has 0 N–H and O–H groups in total. The second-order valence-corrected chi connectivity index (χ2v) is 3.24. The molecule has 0 saturated heterocycles. The van der Waals surface area contributed by atoms with Gasteiger partial charge in [-0.3, -0.25) is 9.63 Å². The molecule has 1 aromatic rings. The number of carbonyl (C=O) groups excluding carboxylic acids is 1. The summed E-state index contributed by atoms with van der Waals surface area (Å²) >= 11 is 3.15. The largest absolute Gasteiger partial charge is 0.454 e. The Morgan fingerprint density at radius 2 is 2.38 bits per heavy atom. The predicted octanol–water partition coefficient (Wildman–Crippen LogP) is 1.60. The molecule has 0 aliphatic heterocycles. The van der Waals surface area contributed by atoms with Gasteiger partial charge in [-0.1, -0.05) is 0 Å². The highest BCUT2D eigenvalue weighted by Gasteiger charge is 2.11. The lowest BCUT2D eigenvalue weighted by Crippen LogP contribution is -2.26. The van der Waals surface area contributed by atoms with Crippen molar-refractivity contribution in [3.05, 3.63) is 22.6 Å². The van der Waals surface area contributed by atoms with Crippen LogP contribution in [-0.4, -0.2) is 25.1 Å². The molecule has 0 aliphatic carbocycles. The van der Waals surface area contributed by atoms with Crippen LogP contribution in [-0.2, 0) is 16.1 Å². The fraction of sp³-hybridized carbons (Fsp3) is 0.375. The molecule has 0 fully saturated rings. The molecule has 5 heteroatoms. The van der Waals surface area contributed by atoms with Gasteiger partial charge in [-0.2, -0.15) is 0 Å².